The van der Waals surface area contributed by atoms with Crippen LogP contribution in [0.15, 0.2) is 0 Å². The minimum absolute atomic E-state index is 0.383. The van der Waals surface area contributed by atoms with E-state index in [2.05, 4.69) is 0 Å². The van der Waals surface area contributed by atoms with E-state index in [9.17, 15) is 0 Å². The van der Waals surface area contributed by atoms with E-state index in [1.54, 1.807) is 28.4 Å². The van der Waals surface area contributed by atoms with Crippen molar-refractivity contribution >= 4 is 0 Å². The fraction of sp³-hybridized carbons (Fsp3) is 1.00. The van der Waals surface area contributed by atoms with Crippen molar-refractivity contribution in [2.24, 2.45) is 17.8 Å². The normalized spacial score (nSPS) is 23.8. The van der Waals surface area contributed by atoms with E-state index in [0.29, 0.717) is 23.9 Å². The van der Waals surface area contributed by atoms with Gasteiger partial charge in [0.2, 0.25) is 0 Å². The maximum absolute atomic E-state index is 6.44. The summed E-state index contributed by atoms with van der Waals surface area (Å²) in [4.78, 5) is 0. The molecule has 0 saturated carbocycles. The predicted molar refractivity (Wildman–Crippen MR) is 109 cm³/mol. The maximum atomic E-state index is 6.44. The quantitative estimate of drug-likeness (QED) is 0.327. The largest absolute Gasteiger partial charge is 0.385 e. The smallest absolute Gasteiger partial charge is 0.0635 e. The van der Waals surface area contributed by atoms with Crippen LogP contribution >= 0.6 is 0 Å². The molecule has 0 amide bonds. The molecule has 0 bridgehead atoms. The molecule has 0 radical (unpaired) electrons. The zero-order chi connectivity index (χ0) is 19.7. The highest BCUT2D eigenvalue weighted by Crippen LogP contribution is 2.40. The Morgan fingerprint density at radius 3 is 1.93 bits per heavy atom. The van der Waals surface area contributed by atoms with Crippen LogP contribution < -0.4 is 0 Å². The third-order valence-corrected chi connectivity index (χ3v) is 5.90. The Bertz CT molecular complexity index is 326. The highest BCUT2D eigenvalue weighted by atomic mass is 16.5. The summed E-state index contributed by atoms with van der Waals surface area (Å²) < 4.78 is 27.5. The van der Waals surface area contributed by atoms with Crippen molar-refractivity contribution in [3.8, 4) is 0 Å². The summed E-state index contributed by atoms with van der Waals surface area (Å²) in [5.41, 5.74) is 0. The van der Waals surface area contributed by atoms with Gasteiger partial charge in [0.05, 0.1) is 12.7 Å². The Morgan fingerprint density at radius 1 is 0.704 bits per heavy atom. The van der Waals surface area contributed by atoms with Crippen LogP contribution in [0.1, 0.15) is 57.8 Å². The molecule has 27 heavy (non-hydrogen) atoms. The van der Waals surface area contributed by atoms with Gasteiger partial charge in [-0.1, -0.05) is 6.42 Å². The van der Waals surface area contributed by atoms with Crippen LogP contribution in [0.2, 0.25) is 0 Å². The Labute approximate surface area is 167 Å². The van der Waals surface area contributed by atoms with Gasteiger partial charge in [0.1, 0.15) is 0 Å². The monoisotopic (exact) mass is 388 g/mol. The first-order valence-electron chi connectivity index (χ1n) is 10.9. The molecule has 0 aromatic heterocycles. The molecule has 1 aliphatic heterocycles. The Kier molecular flexibility index (Phi) is 15.4. The van der Waals surface area contributed by atoms with Crippen molar-refractivity contribution in [3.05, 3.63) is 0 Å². The van der Waals surface area contributed by atoms with Crippen LogP contribution in [0.25, 0.3) is 0 Å². The van der Waals surface area contributed by atoms with Gasteiger partial charge >= 0.3 is 0 Å². The van der Waals surface area contributed by atoms with Gasteiger partial charge < -0.3 is 23.7 Å². The van der Waals surface area contributed by atoms with E-state index in [0.717, 1.165) is 58.7 Å². The zero-order valence-corrected chi connectivity index (χ0v) is 18.3. The lowest BCUT2D eigenvalue weighted by molar-refractivity contribution is 0.0258. The molecule has 0 aromatic carbocycles. The molecule has 0 spiro atoms. The number of ether oxygens (including phenoxy) is 5. The van der Waals surface area contributed by atoms with Crippen molar-refractivity contribution in [2.75, 3.05) is 61.5 Å². The third-order valence-electron chi connectivity index (χ3n) is 5.90. The highest BCUT2D eigenvalue weighted by Gasteiger charge is 2.40. The van der Waals surface area contributed by atoms with Crippen molar-refractivity contribution in [1.82, 2.24) is 0 Å². The lowest BCUT2D eigenvalue weighted by Gasteiger charge is -2.30. The van der Waals surface area contributed by atoms with Crippen molar-refractivity contribution in [3.63, 3.8) is 0 Å². The van der Waals surface area contributed by atoms with Gasteiger partial charge in [-0.25, -0.2) is 0 Å². The standard InChI is InChI=1S/C22H44O5/c1-23-14-6-5-10-19(11-7-15-24-2)22-21(13-9-17-26-4)20(18-27-22)12-8-16-25-3/h19-22H,5-18H2,1-4H3. The third kappa shape index (κ3) is 10.2. The molecule has 162 valence electrons. The average molecular weight is 389 g/mol. The fourth-order valence-corrected chi connectivity index (χ4v) is 4.50. The van der Waals surface area contributed by atoms with Gasteiger partial charge in [-0.15, -0.1) is 0 Å². The molecule has 1 saturated heterocycles. The summed E-state index contributed by atoms with van der Waals surface area (Å²) in [5.74, 6) is 1.93. The Hall–Kier alpha value is -0.200. The number of unbranched alkanes of at least 4 members (excludes halogenated alkanes) is 1. The van der Waals surface area contributed by atoms with E-state index in [1.807, 2.05) is 0 Å². The number of hydrogen-bond donors (Lipinski definition) is 0. The number of hydrogen-bond acceptors (Lipinski definition) is 5. The second-order valence-corrected chi connectivity index (χ2v) is 7.88. The number of methoxy groups -OCH3 is 4. The van der Waals surface area contributed by atoms with Gasteiger partial charge in [-0.3, -0.25) is 0 Å². The molecule has 0 aliphatic carbocycles. The van der Waals surface area contributed by atoms with Crippen LogP contribution in [-0.4, -0.2) is 67.6 Å². The highest BCUT2D eigenvalue weighted by molar-refractivity contribution is 4.88. The second kappa shape index (κ2) is 16.7. The molecule has 1 aliphatic rings. The lowest BCUT2D eigenvalue weighted by atomic mass is 9.77. The van der Waals surface area contributed by atoms with E-state index in [-0.39, 0.29) is 0 Å². The molecule has 4 unspecified atom stereocenters. The van der Waals surface area contributed by atoms with Crippen LogP contribution in [0.4, 0.5) is 0 Å². The molecular formula is C22H44O5. The first kappa shape index (κ1) is 24.8. The summed E-state index contributed by atoms with van der Waals surface area (Å²) in [6, 6.07) is 0. The maximum Gasteiger partial charge on any atom is 0.0635 e. The molecule has 4 atom stereocenters. The van der Waals surface area contributed by atoms with Gasteiger partial charge in [0, 0.05) is 54.9 Å². The lowest BCUT2D eigenvalue weighted by Crippen LogP contribution is -2.29. The van der Waals surface area contributed by atoms with Crippen molar-refractivity contribution in [1.29, 1.82) is 0 Å². The molecular weight excluding hydrogens is 344 g/mol. The summed E-state index contributed by atoms with van der Waals surface area (Å²) in [5, 5.41) is 0. The SMILES string of the molecule is COCCCCC(CCCOC)C1OCC(CCCOC)C1CCCOC. The second-order valence-electron chi connectivity index (χ2n) is 7.88. The molecule has 1 heterocycles. The van der Waals surface area contributed by atoms with Crippen LogP contribution in [0.5, 0.6) is 0 Å². The van der Waals surface area contributed by atoms with Gasteiger partial charge in [0.25, 0.3) is 0 Å². The van der Waals surface area contributed by atoms with E-state index >= 15 is 0 Å². The van der Waals surface area contributed by atoms with Gasteiger partial charge in [-0.2, -0.15) is 0 Å². The minimum Gasteiger partial charge on any atom is -0.385 e. The van der Waals surface area contributed by atoms with Crippen LogP contribution in [0.3, 0.4) is 0 Å². The first-order chi connectivity index (χ1) is 13.3. The summed E-state index contributed by atoms with van der Waals surface area (Å²) in [6.45, 7) is 4.29. The molecule has 5 nitrogen and oxygen atoms in total. The molecule has 5 heteroatoms. The Morgan fingerprint density at radius 2 is 1.26 bits per heavy atom. The summed E-state index contributed by atoms with van der Waals surface area (Å²) >= 11 is 0. The topological polar surface area (TPSA) is 46.2 Å². The molecule has 0 N–H and O–H groups in total. The molecule has 1 fully saturated rings. The minimum atomic E-state index is 0.383. The predicted octanol–water partition coefficient (Wildman–Crippen LogP) is 4.33. The fourth-order valence-electron chi connectivity index (χ4n) is 4.50. The number of rotatable bonds is 18. The van der Waals surface area contributed by atoms with Crippen molar-refractivity contribution < 1.29 is 23.7 Å². The van der Waals surface area contributed by atoms with Crippen LogP contribution in [-0.2, 0) is 23.7 Å². The van der Waals surface area contributed by atoms with E-state index in [4.69, 9.17) is 23.7 Å². The van der Waals surface area contributed by atoms with Crippen LogP contribution in [0, 0.1) is 17.8 Å². The summed E-state index contributed by atoms with van der Waals surface area (Å²) in [6.07, 6.45) is 10.9. The molecule has 0 aromatic rings. The zero-order valence-electron chi connectivity index (χ0n) is 18.3. The van der Waals surface area contributed by atoms with Gasteiger partial charge in [-0.05, 0) is 69.1 Å². The summed E-state index contributed by atoms with van der Waals surface area (Å²) in [7, 11) is 7.16. The van der Waals surface area contributed by atoms with Crippen molar-refractivity contribution in [2.45, 2.75) is 63.9 Å². The van der Waals surface area contributed by atoms with E-state index < -0.39 is 0 Å². The molecule has 1 rings (SSSR count). The van der Waals surface area contributed by atoms with Gasteiger partial charge in [0.15, 0.2) is 0 Å². The van der Waals surface area contributed by atoms with E-state index in [1.165, 1.54) is 32.1 Å². The first-order valence-corrected chi connectivity index (χ1v) is 10.9. The average Bonchev–Trinajstić information content (AvgIpc) is 3.07. The Balaban J connectivity index is 2.67.